The maximum Gasteiger partial charge on any atom is 0.416 e. The monoisotopic (exact) mass is 591 g/mol. The molecule has 3 aromatic carbocycles. The number of benzene rings is 3. The van der Waals surface area contributed by atoms with Crippen LogP contribution in [-0.4, -0.2) is 46.4 Å². The molecule has 4 rings (SSSR count). The minimum Gasteiger partial charge on any atom is -0.497 e. The molecule has 226 valence electrons. The van der Waals surface area contributed by atoms with Gasteiger partial charge in [-0.1, -0.05) is 55.8 Å². The van der Waals surface area contributed by atoms with E-state index in [1.807, 2.05) is 79.9 Å². The minimum atomic E-state index is -4.50. The minimum absolute atomic E-state index is 0.110. The summed E-state index contributed by atoms with van der Waals surface area (Å²) < 4.78 is 46.6. The van der Waals surface area contributed by atoms with Gasteiger partial charge in [-0.05, 0) is 66.1 Å². The molecule has 0 saturated carbocycles. The predicted molar refractivity (Wildman–Crippen MR) is 159 cm³/mol. The van der Waals surface area contributed by atoms with Crippen molar-refractivity contribution >= 4 is 11.8 Å². The highest BCUT2D eigenvalue weighted by Crippen LogP contribution is 2.29. The van der Waals surface area contributed by atoms with Crippen LogP contribution >= 0.6 is 0 Å². The van der Waals surface area contributed by atoms with Gasteiger partial charge in [0.25, 0.3) is 5.91 Å². The van der Waals surface area contributed by atoms with Crippen LogP contribution in [0.5, 0.6) is 5.75 Å². The molecule has 6 nitrogen and oxygen atoms in total. The molecule has 9 heteroatoms. The number of ether oxygens (including phenoxy) is 1. The predicted octanol–water partition coefficient (Wildman–Crippen LogP) is 7.04. The first kappa shape index (κ1) is 31.4. The lowest BCUT2D eigenvalue weighted by molar-refractivity contribution is -0.137. The topological polar surface area (TPSA) is 54.8 Å². The SMILES string of the molecule is CCCCN(CC(=O)N(Cc1ccccc1)Cc1cccn1Cc1cccc(OC)c1)C(=O)c1ccc(C(F)(F)F)cc1. The third-order valence-corrected chi connectivity index (χ3v) is 7.19. The first-order valence-corrected chi connectivity index (χ1v) is 14.2. The second kappa shape index (κ2) is 14.6. The van der Waals surface area contributed by atoms with Gasteiger partial charge in [0, 0.05) is 37.1 Å². The summed E-state index contributed by atoms with van der Waals surface area (Å²) in [6, 6.07) is 25.4. The summed E-state index contributed by atoms with van der Waals surface area (Å²) in [5, 5.41) is 0. The number of hydrogen-bond acceptors (Lipinski definition) is 3. The van der Waals surface area contributed by atoms with Crippen molar-refractivity contribution in [3.05, 3.63) is 125 Å². The molecule has 4 aromatic rings. The van der Waals surface area contributed by atoms with E-state index < -0.39 is 17.6 Å². The maximum absolute atomic E-state index is 13.9. The number of aromatic nitrogens is 1. The Labute approximate surface area is 250 Å². The fourth-order valence-corrected chi connectivity index (χ4v) is 4.80. The van der Waals surface area contributed by atoms with Gasteiger partial charge in [-0.2, -0.15) is 13.2 Å². The molecule has 0 aliphatic rings. The summed E-state index contributed by atoms with van der Waals surface area (Å²) in [7, 11) is 1.62. The first-order chi connectivity index (χ1) is 20.7. The Bertz CT molecular complexity index is 1480. The Morgan fingerprint density at radius 2 is 1.56 bits per heavy atom. The standard InChI is InChI=1S/C34H36F3N3O3/c1-3-4-19-39(33(42)28-15-17-29(18-16-28)34(35,36)37)25-32(41)40(22-26-10-6-5-7-11-26)24-30-13-9-20-38(30)23-27-12-8-14-31(21-27)43-2/h5-18,20-21H,3-4,19,22-25H2,1-2H3. The van der Waals surface area contributed by atoms with Gasteiger partial charge in [0.05, 0.1) is 19.2 Å². The summed E-state index contributed by atoms with van der Waals surface area (Å²) >= 11 is 0. The van der Waals surface area contributed by atoms with Crippen LogP contribution in [0.4, 0.5) is 13.2 Å². The zero-order valence-corrected chi connectivity index (χ0v) is 24.4. The quantitative estimate of drug-likeness (QED) is 0.168. The molecule has 0 N–H and O–H groups in total. The molecule has 0 spiro atoms. The van der Waals surface area contributed by atoms with E-state index in [1.165, 1.54) is 17.0 Å². The van der Waals surface area contributed by atoms with Gasteiger partial charge in [0.15, 0.2) is 0 Å². The number of methoxy groups -OCH3 is 1. The number of alkyl halides is 3. The Hall–Kier alpha value is -4.53. The molecule has 0 atom stereocenters. The Morgan fingerprint density at radius 3 is 2.23 bits per heavy atom. The van der Waals surface area contributed by atoms with Crippen molar-refractivity contribution in [3.63, 3.8) is 0 Å². The van der Waals surface area contributed by atoms with Gasteiger partial charge in [0.1, 0.15) is 12.3 Å². The van der Waals surface area contributed by atoms with Crippen LogP contribution in [0, 0.1) is 0 Å². The molecule has 0 aliphatic heterocycles. The summed E-state index contributed by atoms with van der Waals surface area (Å²) in [6.07, 6.45) is -1.10. The Morgan fingerprint density at radius 1 is 0.837 bits per heavy atom. The van der Waals surface area contributed by atoms with E-state index in [4.69, 9.17) is 4.74 Å². The molecule has 1 aromatic heterocycles. The lowest BCUT2D eigenvalue weighted by Crippen LogP contribution is -2.43. The second-order valence-corrected chi connectivity index (χ2v) is 10.4. The van der Waals surface area contributed by atoms with Gasteiger partial charge in [-0.25, -0.2) is 0 Å². The average molecular weight is 592 g/mol. The normalized spacial score (nSPS) is 11.3. The lowest BCUT2D eigenvalue weighted by atomic mass is 10.1. The van der Waals surface area contributed by atoms with Crippen LogP contribution < -0.4 is 4.74 Å². The molecule has 0 unspecified atom stereocenters. The Kier molecular flexibility index (Phi) is 10.6. The van der Waals surface area contributed by atoms with Gasteiger partial charge >= 0.3 is 6.18 Å². The molecular weight excluding hydrogens is 555 g/mol. The molecule has 0 bridgehead atoms. The number of amides is 2. The average Bonchev–Trinajstić information content (AvgIpc) is 3.44. The summed E-state index contributed by atoms with van der Waals surface area (Å²) in [5.74, 6) is 0.0305. The number of unbranched alkanes of at least 4 members (excludes halogenated alkanes) is 1. The van der Waals surface area contributed by atoms with E-state index in [0.29, 0.717) is 32.6 Å². The first-order valence-electron chi connectivity index (χ1n) is 14.2. The van der Waals surface area contributed by atoms with Crippen LogP contribution in [-0.2, 0) is 30.6 Å². The molecular formula is C34H36F3N3O3. The fraction of sp³-hybridized carbons (Fsp3) is 0.294. The number of rotatable bonds is 13. The smallest absolute Gasteiger partial charge is 0.416 e. The zero-order valence-electron chi connectivity index (χ0n) is 24.4. The van der Waals surface area contributed by atoms with E-state index in [1.54, 1.807) is 12.0 Å². The number of halogens is 3. The third-order valence-electron chi connectivity index (χ3n) is 7.19. The van der Waals surface area contributed by atoms with Gasteiger partial charge in [-0.3, -0.25) is 9.59 Å². The van der Waals surface area contributed by atoms with Gasteiger partial charge in [0.2, 0.25) is 5.91 Å². The molecule has 0 radical (unpaired) electrons. The molecule has 2 amide bonds. The van der Waals surface area contributed by atoms with E-state index in [-0.39, 0.29) is 18.0 Å². The summed E-state index contributed by atoms with van der Waals surface area (Å²) in [5.41, 5.74) is 2.19. The summed E-state index contributed by atoms with van der Waals surface area (Å²) in [6.45, 7) is 3.32. The molecule has 0 aliphatic carbocycles. The van der Waals surface area contributed by atoms with Crippen LogP contribution in [0.3, 0.4) is 0 Å². The number of hydrogen-bond donors (Lipinski definition) is 0. The number of carbonyl (C=O) groups is 2. The van der Waals surface area contributed by atoms with Crippen LogP contribution in [0.25, 0.3) is 0 Å². The van der Waals surface area contributed by atoms with Crippen molar-refractivity contribution in [3.8, 4) is 5.75 Å². The van der Waals surface area contributed by atoms with E-state index in [2.05, 4.69) is 4.57 Å². The van der Waals surface area contributed by atoms with Crippen molar-refractivity contribution in [2.45, 2.75) is 45.6 Å². The maximum atomic E-state index is 13.9. The molecule has 43 heavy (non-hydrogen) atoms. The van der Waals surface area contributed by atoms with Crippen LogP contribution in [0.1, 0.15) is 52.5 Å². The van der Waals surface area contributed by atoms with E-state index in [0.717, 1.165) is 41.1 Å². The molecule has 0 saturated heterocycles. The molecule has 0 fully saturated rings. The highest BCUT2D eigenvalue weighted by atomic mass is 19.4. The number of carbonyl (C=O) groups excluding carboxylic acids is 2. The van der Waals surface area contributed by atoms with Crippen molar-refractivity contribution < 1.29 is 27.5 Å². The van der Waals surface area contributed by atoms with Crippen LogP contribution in [0.2, 0.25) is 0 Å². The van der Waals surface area contributed by atoms with Gasteiger partial charge < -0.3 is 19.1 Å². The van der Waals surface area contributed by atoms with Crippen molar-refractivity contribution in [1.29, 1.82) is 0 Å². The van der Waals surface area contributed by atoms with E-state index >= 15 is 0 Å². The lowest BCUT2D eigenvalue weighted by Gasteiger charge is -2.28. The van der Waals surface area contributed by atoms with Crippen molar-refractivity contribution in [1.82, 2.24) is 14.4 Å². The highest BCUT2D eigenvalue weighted by Gasteiger charge is 2.31. The molecule has 1 heterocycles. The summed E-state index contributed by atoms with van der Waals surface area (Å²) in [4.78, 5) is 30.4. The van der Waals surface area contributed by atoms with Gasteiger partial charge in [-0.15, -0.1) is 0 Å². The van der Waals surface area contributed by atoms with Crippen molar-refractivity contribution in [2.75, 3.05) is 20.2 Å². The van der Waals surface area contributed by atoms with Crippen molar-refractivity contribution in [2.24, 2.45) is 0 Å². The van der Waals surface area contributed by atoms with E-state index in [9.17, 15) is 22.8 Å². The van der Waals surface area contributed by atoms with Crippen LogP contribution in [0.15, 0.2) is 97.2 Å². The third kappa shape index (κ3) is 8.73. The second-order valence-electron chi connectivity index (χ2n) is 10.4. The largest absolute Gasteiger partial charge is 0.497 e. The Balaban J connectivity index is 1.56. The highest BCUT2D eigenvalue weighted by molar-refractivity contribution is 5.96. The fourth-order valence-electron chi connectivity index (χ4n) is 4.80. The zero-order chi connectivity index (χ0) is 30.8. The number of nitrogens with zero attached hydrogens (tertiary/aromatic N) is 3.